The van der Waals surface area contributed by atoms with Gasteiger partial charge < -0.3 is 4.74 Å². The molecule has 1 aromatic carbocycles. The molecule has 0 bridgehead atoms. The van der Waals surface area contributed by atoms with Crippen LogP contribution in [0.2, 0.25) is 0 Å². The summed E-state index contributed by atoms with van der Waals surface area (Å²) < 4.78 is 6.73. The molecule has 0 N–H and O–H groups in total. The molecule has 2 rings (SSSR count). The second kappa shape index (κ2) is 4.80. The Morgan fingerprint density at radius 2 is 2.06 bits per heavy atom. The maximum Gasteiger partial charge on any atom is 0.274 e. The normalized spacial score (nSPS) is 11.2. The van der Waals surface area contributed by atoms with Gasteiger partial charge in [0.1, 0.15) is 5.75 Å². The summed E-state index contributed by atoms with van der Waals surface area (Å²) in [5.41, 5.74) is 0.893. The number of methoxy groups -OCH3 is 1. The Morgan fingerprint density at radius 3 is 2.61 bits per heavy atom. The van der Waals surface area contributed by atoms with E-state index < -0.39 is 0 Å². The molecular weight excluding hydrogens is 228 g/mol. The average Bonchev–Trinajstić information content (AvgIpc) is 2.38. The van der Waals surface area contributed by atoms with Gasteiger partial charge in [0.15, 0.2) is 0 Å². The van der Waals surface area contributed by atoms with Crippen molar-refractivity contribution in [2.24, 2.45) is 0 Å². The number of fused-ring (bicyclic) bond motifs is 1. The van der Waals surface area contributed by atoms with E-state index in [0.29, 0.717) is 11.9 Å². The number of hydrogen-bond acceptors (Lipinski definition) is 3. The van der Waals surface area contributed by atoms with Gasteiger partial charge in [-0.3, -0.25) is 4.79 Å². The van der Waals surface area contributed by atoms with Gasteiger partial charge >= 0.3 is 0 Å². The predicted molar refractivity (Wildman–Crippen MR) is 72.3 cm³/mol. The van der Waals surface area contributed by atoms with Gasteiger partial charge in [-0.1, -0.05) is 13.8 Å². The SMILES string of the molecule is CCn1nc(C(C)C)c2cc(OC)ccc2c1=O. The van der Waals surface area contributed by atoms with E-state index in [-0.39, 0.29) is 11.5 Å². The van der Waals surface area contributed by atoms with Gasteiger partial charge in [0.25, 0.3) is 5.56 Å². The Labute approximate surface area is 106 Å². The number of benzene rings is 1. The highest BCUT2D eigenvalue weighted by Gasteiger charge is 2.13. The van der Waals surface area contributed by atoms with E-state index in [1.165, 1.54) is 4.68 Å². The van der Waals surface area contributed by atoms with Gasteiger partial charge in [0, 0.05) is 11.9 Å². The van der Waals surface area contributed by atoms with E-state index in [4.69, 9.17) is 4.74 Å². The highest BCUT2D eigenvalue weighted by atomic mass is 16.5. The Morgan fingerprint density at radius 1 is 1.33 bits per heavy atom. The molecule has 4 heteroatoms. The lowest BCUT2D eigenvalue weighted by molar-refractivity contribution is 0.415. The standard InChI is InChI=1S/C14H18N2O2/c1-5-16-14(17)11-7-6-10(18-4)8-12(11)13(15-16)9(2)3/h6-9H,5H2,1-4H3. The fraction of sp³-hybridized carbons (Fsp3) is 0.429. The van der Waals surface area contributed by atoms with Crippen LogP contribution in [0.3, 0.4) is 0 Å². The predicted octanol–water partition coefficient (Wildman–Crippen LogP) is 2.55. The molecule has 0 radical (unpaired) electrons. The first-order valence-electron chi connectivity index (χ1n) is 6.17. The molecule has 0 aliphatic rings. The lowest BCUT2D eigenvalue weighted by Gasteiger charge is -2.12. The van der Waals surface area contributed by atoms with Crippen LogP contribution in [0.25, 0.3) is 10.8 Å². The monoisotopic (exact) mass is 246 g/mol. The van der Waals surface area contributed by atoms with Crippen molar-refractivity contribution in [2.45, 2.75) is 33.2 Å². The summed E-state index contributed by atoms with van der Waals surface area (Å²) in [5.74, 6) is 1.01. The van der Waals surface area contributed by atoms with Crippen molar-refractivity contribution < 1.29 is 4.74 Å². The first kappa shape index (κ1) is 12.6. The third kappa shape index (κ3) is 1.98. The van der Waals surface area contributed by atoms with Crippen LogP contribution in [0.5, 0.6) is 5.75 Å². The average molecular weight is 246 g/mol. The van der Waals surface area contributed by atoms with Crippen molar-refractivity contribution >= 4 is 10.8 Å². The Bertz CT molecular complexity index is 629. The molecule has 0 unspecified atom stereocenters. The van der Waals surface area contributed by atoms with Crippen molar-refractivity contribution in [3.05, 3.63) is 34.2 Å². The molecule has 0 saturated heterocycles. The smallest absolute Gasteiger partial charge is 0.274 e. The third-order valence-electron chi connectivity index (χ3n) is 3.04. The molecule has 0 aliphatic carbocycles. The number of hydrogen-bond donors (Lipinski definition) is 0. The number of aryl methyl sites for hydroxylation is 1. The van der Waals surface area contributed by atoms with Crippen molar-refractivity contribution in [1.29, 1.82) is 0 Å². The zero-order chi connectivity index (χ0) is 13.3. The fourth-order valence-corrected chi connectivity index (χ4v) is 2.06. The van der Waals surface area contributed by atoms with E-state index in [1.54, 1.807) is 7.11 Å². The largest absolute Gasteiger partial charge is 0.497 e. The Balaban J connectivity index is 2.87. The zero-order valence-corrected chi connectivity index (χ0v) is 11.2. The zero-order valence-electron chi connectivity index (χ0n) is 11.2. The molecule has 2 aromatic rings. The molecular formula is C14H18N2O2. The highest BCUT2D eigenvalue weighted by Crippen LogP contribution is 2.24. The van der Waals surface area contributed by atoms with Crippen molar-refractivity contribution in [1.82, 2.24) is 9.78 Å². The molecule has 18 heavy (non-hydrogen) atoms. The van der Waals surface area contributed by atoms with Crippen molar-refractivity contribution in [3.63, 3.8) is 0 Å². The highest BCUT2D eigenvalue weighted by molar-refractivity contribution is 5.85. The number of nitrogens with zero attached hydrogens (tertiary/aromatic N) is 2. The van der Waals surface area contributed by atoms with Gasteiger partial charge in [-0.2, -0.15) is 5.10 Å². The summed E-state index contributed by atoms with van der Waals surface area (Å²) >= 11 is 0. The van der Waals surface area contributed by atoms with Crippen LogP contribution < -0.4 is 10.3 Å². The Hall–Kier alpha value is -1.84. The van der Waals surface area contributed by atoms with Gasteiger partial charge in [-0.15, -0.1) is 0 Å². The third-order valence-corrected chi connectivity index (χ3v) is 3.04. The number of rotatable bonds is 3. The second-order valence-electron chi connectivity index (χ2n) is 4.57. The molecule has 0 fully saturated rings. The molecule has 0 atom stereocenters. The maximum absolute atomic E-state index is 12.2. The minimum atomic E-state index is -0.0421. The van der Waals surface area contributed by atoms with E-state index in [1.807, 2.05) is 25.1 Å². The molecule has 1 aromatic heterocycles. The molecule has 0 saturated carbocycles. The summed E-state index contributed by atoms with van der Waals surface area (Å²) in [6.45, 7) is 6.66. The second-order valence-corrected chi connectivity index (χ2v) is 4.57. The minimum absolute atomic E-state index is 0.0421. The van der Waals surface area contributed by atoms with E-state index in [0.717, 1.165) is 16.8 Å². The Kier molecular flexibility index (Phi) is 3.36. The van der Waals surface area contributed by atoms with E-state index in [2.05, 4.69) is 18.9 Å². The lowest BCUT2D eigenvalue weighted by Crippen LogP contribution is -2.24. The summed E-state index contributed by atoms with van der Waals surface area (Å²) in [4.78, 5) is 12.2. The summed E-state index contributed by atoms with van der Waals surface area (Å²) in [6, 6.07) is 5.52. The van der Waals surface area contributed by atoms with Crippen LogP contribution in [0, 0.1) is 0 Å². The van der Waals surface area contributed by atoms with Crippen molar-refractivity contribution in [3.8, 4) is 5.75 Å². The lowest BCUT2D eigenvalue weighted by atomic mass is 10.0. The summed E-state index contributed by atoms with van der Waals surface area (Å²) in [5, 5.41) is 6.04. The van der Waals surface area contributed by atoms with Gasteiger partial charge in [0.05, 0.1) is 18.2 Å². The van der Waals surface area contributed by atoms with Gasteiger partial charge in [0.2, 0.25) is 0 Å². The number of ether oxygens (including phenoxy) is 1. The van der Waals surface area contributed by atoms with Crippen LogP contribution in [0.15, 0.2) is 23.0 Å². The van der Waals surface area contributed by atoms with Gasteiger partial charge in [-0.05, 0) is 31.0 Å². The molecule has 0 amide bonds. The van der Waals surface area contributed by atoms with Crippen LogP contribution >= 0.6 is 0 Å². The van der Waals surface area contributed by atoms with Crippen LogP contribution in [0.1, 0.15) is 32.4 Å². The molecule has 0 spiro atoms. The molecule has 96 valence electrons. The van der Waals surface area contributed by atoms with Crippen LogP contribution in [0.4, 0.5) is 0 Å². The fourth-order valence-electron chi connectivity index (χ4n) is 2.06. The topological polar surface area (TPSA) is 44.1 Å². The molecule has 0 aliphatic heterocycles. The van der Waals surface area contributed by atoms with Crippen LogP contribution in [-0.4, -0.2) is 16.9 Å². The van der Waals surface area contributed by atoms with Crippen molar-refractivity contribution in [2.75, 3.05) is 7.11 Å². The molecule has 1 heterocycles. The van der Waals surface area contributed by atoms with Crippen LogP contribution in [-0.2, 0) is 6.54 Å². The summed E-state index contributed by atoms with van der Waals surface area (Å²) in [6.07, 6.45) is 0. The van der Waals surface area contributed by atoms with Gasteiger partial charge in [-0.25, -0.2) is 4.68 Å². The summed E-state index contributed by atoms with van der Waals surface area (Å²) in [7, 11) is 1.62. The first-order valence-corrected chi connectivity index (χ1v) is 6.17. The first-order chi connectivity index (χ1) is 8.58. The molecule has 4 nitrogen and oxygen atoms in total. The maximum atomic E-state index is 12.2. The minimum Gasteiger partial charge on any atom is -0.497 e. The van der Waals surface area contributed by atoms with E-state index >= 15 is 0 Å². The number of aromatic nitrogens is 2. The van der Waals surface area contributed by atoms with E-state index in [9.17, 15) is 4.79 Å². The quantitative estimate of drug-likeness (QED) is 0.836.